The quantitative estimate of drug-likeness (QED) is 0.296. The zero-order valence-corrected chi connectivity index (χ0v) is 20.3. The first kappa shape index (κ1) is 25.7. The van der Waals surface area contributed by atoms with Gasteiger partial charge >= 0.3 is 6.03 Å². The maximum absolute atomic E-state index is 13.2. The summed E-state index contributed by atoms with van der Waals surface area (Å²) in [6.45, 7) is 8.02. The van der Waals surface area contributed by atoms with Gasteiger partial charge in [0.2, 0.25) is 5.91 Å². The van der Waals surface area contributed by atoms with Crippen LogP contribution in [-0.2, 0) is 24.2 Å². The highest BCUT2D eigenvalue weighted by Crippen LogP contribution is 2.35. The summed E-state index contributed by atoms with van der Waals surface area (Å²) in [5, 5.41) is 0. The van der Waals surface area contributed by atoms with Crippen molar-refractivity contribution >= 4 is 27.7 Å². The van der Waals surface area contributed by atoms with Crippen LogP contribution >= 0.6 is 0 Å². The fourth-order valence-corrected chi connectivity index (χ4v) is 6.17. The summed E-state index contributed by atoms with van der Waals surface area (Å²) >= 11 is 0. The third-order valence-electron chi connectivity index (χ3n) is 6.41. The van der Waals surface area contributed by atoms with E-state index in [0.717, 1.165) is 0 Å². The maximum atomic E-state index is 13.2. The topological polar surface area (TPSA) is 136 Å². The Labute approximate surface area is 199 Å². The number of nitrogens with zero attached hydrogens (tertiary/aromatic N) is 2. The summed E-state index contributed by atoms with van der Waals surface area (Å²) in [6.07, 6.45) is 2.01. The minimum Gasteiger partial charge on any atom is -0.494 e. The van der Waals surface area contributed by atoms with Gasteiger partial charge in [-0.1, -0.05) is 6.08 Å². The Morgan fingerprint density at radius 2 is 1.82 bits per heavy atom. The fraction of sp³-hybridized carbons (Fsp3) is 0.522. The van der Waals surface area contributed by atoms with Crippen LogP contribution in [0.2, 0.25) is 0 Å². The number of nitrogens with two attached hydrogens (primary N) is 1. The Bertz CT molecular complexity index is 1060. The average Bonchev–Trinajstić information content (AvgIpc) is 2.97. The van der Waals surface area contributed by atoms with Gasteiger partial charge < -0.3 is 20.1 Å². The molecular weight excluding hydrogens is 462 g/mol. The molecule has 2 aliphatic heterocycles. The van der Waals surface area contributed by atoms with E-state index in [4.69, 9.17) is 15.2 Å². The Kier molecular flexibility index (Phi) is 7.37. The largest absolute Gasteiger partial charge is 0.494 e. The summed E-state index contributed by atoms with van der Waals surface area (Å²) < 4.78 is 35.6. The molecule has 0 unspecified atom stereocenters. The Morgan fingerprint density at radius 1 is 1.21 bits per heavy atom. The van der Waals surface area contributed by atoms with Crippen LogP contribution < -0.4 is 10.5 Å². The highest BCUT2D eigenvalue weighted by atomic mass is 32.2. The van der Waals surface area contributed by atoms with Gasteiger partial charge in [-0.05, 0) is 57.4 Å². The first-order chi connectivity index (χ1) is 16.0. The molecule has 11 heteroatoms. The molecule has 3 rings (SSSR count). The van der Waals surface area contributed by atoms with E-state index in [1.54, 1.807) is 19.9 Å². The summed E-state index contributed by atoms with van der Waals surface area (Å²) in [5.74, 6) is -0.728. The van der Waals surface area contributed by atoms with Crippen molar-refractivity contribution in [3.05, 3.63) is 36.9 Å². The van der Waals surface area contributed by atoms with Crippen molar-refractivity contribution in [3.8, 4) is 5.75 Å². The normalized spacial score (nSPS) is 19.8. The number of ether oxygens (including phenoxy) is 2. The third kappa shape index (κ3) is 4.41. The zero-order chi connectivity index (χ0) is 25.1. The second-order valence-corrected chi connectivity index (χ2v) is 11.1. The van der Waals surface area contributed by atoms with E-state index in [9.17, 15) is 22.8 Å². The van der Waals surface area contributed by atoms with Crippen molar-refractivity contribution in [1.29, 1.82) is 0 Å². The fourth-order valence-electron chi connectivity index (χ4n) is 4.25. The van der Waals surface area contributed by atoms with Gasteiger partial charge in [0.25, 0.3) is 5.91 Å². The minimum absolute atomic E-state index is 0.0118. The number of carbonyl (C=O) groups excluding carboxylic acids is 3. The predicted octanol–water partition coefficient (Wildman–Crippen LogP) is 1.49. The summed E-state index contributed by atoms with van der Waals surface area (Å²) in [5.41, 5.74) is 4.56. The molecule has 0 spiro atoms. The molecule has 4 amide bonds. The van der Waals surface area contributed by atoms with Crippen molar-refractivity contribution in [3.63, 3.8) is 0 Å². The van der Waals surface area contributed by atoms with Crippen LogP contribution in [0, 0.1) is 0 Å². The maximum Gasteiger partial charge on any atom is 0.327 e. The lowest BCUT2D eigenvalue weighted by Gasteiger charge is -2.33. The minimum atomic E-state index is -4.01. The van der Waals surface area contributed by atoms with Crippen molar-refractivity contribution in [2.45, 2.75) is 48.3 Å². The number of rotatable bonds is 10. The number of imide groups is 1. The molecule has 0 aliphatic carbocycles. The second kappa shape index (κ2) is 9.75. The molecule has 10 nitrogen and oxygen atoms in total. The first-order valence-electron chi connectivity index (χ1n) is 11.1. The summed E-state index contributed by atoms with van der Waals surface area (Å²) in [7, 11) is -4.01. The van der Waals surface area contributed by atoms with Crippen molar-refractivity contribution in [2.24, 2.45) is 5.73 Å². The Morgan fingerprint density at radius 3 is 2.38 bits per heavy atom. The van der Waals surface area contributed by atoms with Gasteiger partial charge in [0.15, 0.2) is 14.6 Å². The summed E-state index contributed by atoms with van der Waals surface area (Å²) in [4.78, 5) is 39.9. The van der Waals surface area contributed by atoms with Crippen LogP contribution in [0.5, 0.6) is 5.75 Å². The number of benzene rings is 1. The van der Waals surface area contributed by atoms with Gasteiger partial charge in [-0.2, -0.15) is 0 Å². The molecule has 34 heavy (non-hydrogen) atoms. The molecule has 0 radical (unpaired) electrons. The van der Waals surface area contributed by atoms with Crippen molar-refractivity contribution in [2.75, 3.05) is 32.9 Å². The van der Waals surface area contributed by atoms with Gasteiger partial charge in [-0.25, -0.2) is 13.2 Å². The predicted molar refractivity (Wildman–Crippen MR) is 124 cm³/mol. The van der Waals surface area contributed by atoms with Gasteiger partial charge in [0, 0.05) is 26.3 Å². The van der Waals surface area contributed by atoms with E-state index in [2.05, 4.69) is 6.58 Å². The third-order valence-corrected chi connectivity index (χ3v) is 8.94. The number of amides is 4. The smallest absolute Gasteiger partial charge is 0.327 e. The number of urea groups is 1. The molecule has 2 N–H and O–H groups in total. The molecule has 0 bridgehead atoms. The molecule has 1 aromatic rings. The van der Waals surface area contributed by atoms with Crippen molar-refractivity contribution in [1.82, 2.24) is 9.80 Å². The van der Waals surface area contributed by atoms with Crippen LogP contribution in [0.3, 0.4) is 0 Å². The Balaban J connectivity index is 1.60. The number of primary amides is 1. The molecular formula is C23H31N3O7S. The lowest BCUT2D eigenvalue weighted by molar-refractivity contribution is -0.131. The van der Waals surface area contributed by atoms with Crippen LogP contribution in [0.1, 0.15) is 33.1 Å². The first-order valence-corrected chi connectivity index (χ1v) is 12.6. The van der Waals surface area contributed by atoms with E-state index >= 15 is 0 Å². The Hall–Kier alpha value is -2.92. The van der Waals surface area contributed by atoms with Gasteiger partial charge in [-0.15, -0.1) is 6.58 Å². The van der Waals surface area contributed by atoms with Crippen molar-refractivity contribution < 1.29 is 32.3 Å². The standard InChI is InChI=1S/C23H31N3O7S/c1-4-12-26-21(29)25(20(28)22(26,2)3)13-5-14-33-17-6-8-18(9-7-17)34(30,31)23(19(24)27)10-15-32-16-11-23/h4,6-9H,1,5,10-16H2,2-3H3,(H2,24,27). The molecule has 2 heterocycles. The molecule has 0 aromatic heterocycles. The van der Waals surface area contributed by atoms with Crippen LogP contribution in [0.15, 0.2) is 41.8 Å². The number of hydrogen-bond acceptors (Lipinski definition) is 7. The monoisotopic (exact) mass is 493 g/mol. The molecule has 2 aliphatic rings. The average molecular weight is 494 g/mol. The van der Waals surface area contributed by atoms with E-state index < -0.39 is 26.0 Å². The molecule has 2 saturated heterocycles. The van der Waals surface area contributed by atoms with Gasteiger partial charge in [-0.3, -0.25) is 14.5 Å². The van der Waals surface area contributed by atoms with Crippen LogP contribution in [0.25, 0.3) is 0 Å². The van der Waals surface area contributed by atoms with Gasteiger partial charge in [0.1, 0.15) is 11.3 Å². The molecule has 1 aromatic carbocycles. The highest BCUT2D eigenvalue weighted by molar-refractivity contribution is 7.93. The van der Waals surface area contributed by atoms with E-state index in [1.165, 1.54) is 34.1 Å². The zero-order valence-electron chi connectivity index (χ0n) is 19.5. The number of sulfone groups is 1. The van der Waals surface area contributed by atoms with E-state index in [-0.39, 0.29) is 62.6 Å². The number of hydrogen-bond donors (Lipinski definition) is 1. The highest BCUT2D eigenvalue weighted by Gasteiger charge is 2.51. The lowest BCUT2D eigenvalue weighted by Crippen LogP contribution is -2.53. The van der Waals surface area contributed by atoms with E-state index in [1.807, 2.05) is 0 Å². The molecule has 0 saturated carbocycles. The lowest BCUT2D eigenvalue weighted by atomic mass is 9.98. The van der Waals surface area contributed by atoms with Crippen LogP contribution in [0.4, 0.5) is 4.79 Å². The summed E-state index contributed by atoms with van der Waals surface area (Å²) in [6, 6.07) is 5.41. The SMILES string of the molecule is C=CCN1C(=O)N(CCCOc2ccc(S(=O)(=O)C3(C(N)=O)CCOCC3)cc2)C(=O)C1(C)C. The van der Waals surface area contributed by atoms with Crippen LogP contribution in [-0.4, -0.2) is 79.3 Å². The molecule has 0 atom stereocenters. The second-order valence-electron chi connectivity index (χ2n) is 8.85. The molecule has 186 valence electrons. The number of carbonyl (C=O) groups is 3. The van der Waals surface area contributed by atoms with E-state index in [0.29, 0.717) is 12.2 Å². The molecule has 2 fully saturated rings. The van der Waals surface area contributed by atoms with Gasteiger partial charge in [0.05, 0.1) is 11.5 Å².